The number of oxime groups is 1. The molecule has 0 saturated heterocycles. The average Bonchev–Trinajstić information content (AvgIpc) is 2.89. The second kappa shape index (κ2) is 6.55. The van der Waals surface area contributed by atoms with Crippen LogP contribution in [0.2, 0.25) is 0 Å². The van der Waals surface area contributed by atoms with Crippen molar-refractivity contribution in [3.05, 3.63) is 35.4 Å². The Morgan fingerprint density at radius 2 is 2.26 bits per heavy atom. The van der Waals surface area contributed by atoms with E-state index in [1.807, 2.05) is 0 Å². The van der Waals surface area contributed by atoms with Crippen molar-refractivity contribution in [2.75, 3.05) is 13.7 Å². The molecule has 1 atom stereocenters. The van der Waals surface area contributed by atoms with Crippen LogP contribution in [0.15, 0.2) is 29.4 Å². The number of alkyl halides is 3. The van der Waals surface area contributed by atoms with Crippen LogP contribution >= 0.6 is 0 Å². The summed E-state index contributed by atoms with van der Waals surface area (Å²) in [5.74, 6) is -3.61. The Hall–Kier alpha value is -2.13. The first-order chi connectivity index (χ1) is 10.7. The first-order valence-electron chi connectivity index (χ1n) is 6.64. The van der Waals surface area contributed by atoms with Gasteiger partial charge in [0, 0.05) is 13.7 Å². The third-order valence-electron chi connectivity index (χ3n) is 3.18. The number of carbonyl (C=O) groups is 1. The minimum absolute atomic E-state index is 0.0186. The van der Waals surface area contributed by atoms with Crippen molar-refractivity contribution < 1.29 is 32.6 Å². The molecule has 1 heterocycles. The van der Waals surface area contributed by atoms with Gasteiger partial charge in [0.25, 0.3) is 0 Å². The van der Waals surface area contributed by atoms with E-state index < -0.39 is 18.4 Å². The van der Waals surface area contributed by atoms with Gasteiger partial charge in [0.2, 0.25) is 5.91 Å². The summed E-state index contributed by atoms with van der Waals surface area (Å²) in [4.78, 5) is 15.5. The molecule has 1 aromatic rings. The van der Waals surface area contributed by atoms with Crippen LogP contribution in [0.1, 0.15) is 17.5 Å². The fraction of sp³-hybridized carbons (Fsp3) is 0.429. The fourth-order valence-electron chi connectivity index (χ4n) is 1.97. The molecule has 0 fully saturated rings. The Balaban J connectivity index is 2.05. The average molecular weight is 332 g/mol. The first-order valence-corrected chi connectivity index (χ1v) is 6.64. The van der Waals surface area contributed by atoms with Gasteiger partial charge in [-0.15, -0.1) is 0 Å². The molecule has 0 aliphatic carbocycles. The molecule has 1 aliphatic rings. The Morgan fingerprint density at radius 1 is 1.52 bits per heavy atom. The zero-order valence-corrected chi connectivity index (χ0v) is 12.2. The van der Waals surface area contributed by atoms with Gasteiger partial charge in [0.1, 0.15) is 6.61 Å². The molecule has 2 N–H and O–H groups in total. The smallest absolute Gasteiger partial charge is 0.375 e. The normalized spacial score (nSPS) is 20.8. The first kappa shape index (κ1) is 17.2. The van der Waals surface area contributed by atoms with Gasteiger partial charge >= 0.3 is 12.0 Å². The number of nitrogens with one attached hydrogen (secondary N) is 1. The topological polar surface area (TPSA) is 80.2 Å². The molecule has 1 aliphatic heterocycles. The van der Waals surface area contributed by atoms with Gasteiger partial charge in [-0.25, -0.2) is 0 Å². The molecule has 23 heavy (non-hydrogen) atoms. The van der Waals surface area contributed by atoms with Gasteiger partial charge in [-0.1, -0.05) is 23.4 Å². The number of nitrogens with zero attached hydrogens (tertiary/aromatic N) is 1. The lowest BCUT2D eigenvalue weighted by molar-refractivity contribution is -0.355. The number of amides is 1. The van der Waals surface area contributed by atoms with Gasteiger partial charge in [0.15, 0.2) is 0 Å². The maximum absolute atomic E-state index is 12.7. The largest absolute Gasteiger partial charge is 0.458 e. The van der Waals surface area contributed by atoms with E-state index in [1.165, 1.54) is 7.11 Å². The molecule has 1 amide bonds. The van der Waals surface area contributed by atoms with E-state index in [0.29, 0.717) is 11.1 Å². The number of carbonyl (C=O) groups excluding carboxylic acids is 1. The van der Waals surface area contributed by atoms with Crippen LogP contribution in [0.3, 0.4) is 0 Å². The number of aliphatic hydroxyl groups is 1. The highest BCUT2D eigenvalue weighted by molar-refractivity contribution is 6.01. The van der Waals surface area contributed by atoms with Crippen molar-refractivity contribution in [2.45, 2.75) is 24.9 Å². The van der Waals surface area contributed by atoms with E-state index >= 15 is 0 Å². The van der Waals surface area contributed by atoms with Crippen LogP contribution in [0.4, 0.5) is 13.2 Å². The highest BCUT2D eigenvalue weighted by atomic mass is 19.4. The van der Waals surface area contributed by atoms with E-state index in [1.54, 1.807) is 24.3 Å². The third-order valence-corrected chi connectivity index (χ3v) is 3.18. The van der Waals surface area contributed by atoms with Gasteiger partial charge in [-0.05, 0) is 17.2 Å². The molecule has 2 rings (SSSR count). The summed E-state index contributed by atoms with van der Waals surface area (Å²) in [5, 5.41) is 15.4. The summed E-state index contributed by atoms with van der Waals surface area (Å²) < 4.78 is 42.7. The van der Waals surface area contributed by atoms with Crippen LogP contribution in [0.25, 0.3) is 0 Å². The number of halogens is 3. The van der Waals surface area contributed by atoms with Gasteiger partial charge < -0.3 is 20.0 Å². The molecule has 0 radical (unpaired) electrons. The van der Waals surface area contributed by atoms with E-state index in [-0.39, 0.29) is 24.8 Å². The van der Waals surface area contributed by atoms with Crippen molar-refractivity contribution in [1.82, 2.24) is 5.32 Å². The predicted octanol–water partition coefficient (Wildman–Crippen LogP) is 1.32. The van der Waals surface area contributed by atoms with E-state index in [9.17, 15) is 23.1 Å². The van der Waals surface area contributed by atoms with Crippen molar-refractivity contribution >= 4 is 11.6 Å². The van der Waals surface area contributed by atoms with Crippen LogP contribution in [0.5, 0.6) is 0 Å². The lowest BCUT2D eigenvalue weighted by Crippen LogP contribution is -2.45. The van der Waals surface area contributed by atoms with Crippen LogP contribution < -0.4 is 5.32 Å². The molecular formula is C14H15F3N2O4. The van der Waals surface area contributed by atoms with Gasteiger partial charge in [0.05, 0.1) is 12.1 Å². The Bertz CT molecular complexity index is 618. The number of hydrogen-bond donors (Lipinski definition) is 2. The molecule has 0 spiro atoms. The Morgan fingerprint density at radius 3 is 2.87 bits per heavy atom. The molecule has 0 bridgehead atoms. The molecule has 0 saturated carbocycles. The van der Waals surface area contributed by atoms with Crippen molar-refractivity contribution in [3.8, 4) is 0 Å². The zero-order chi connectivity index (χ0) is 17.1. The Kier molecular flexibility index (Phi) is 4.90. The number of hydrogen-bond acceptors (Lipinski definition) is 5. The van der Waals surface area contributed by atoms with Crippen molar-refractivity contribution in [3.63, 3.8) is 0 Å². The van der Waals surface area contributed by atoms with Crippen LogP contribution in [-0.4, -0.2) is 42.4 Å². The molecule has 6 nitrogen and oxygen atoms in total. The summed E-state index contributed by atoms with van der Waals surface area (Å²) in [6.07, 6.45) is -5.74. The zero-order valence-electron chi connectivity index (χ0n) is 12.2. The summed E-state index contributed by atoms with van der Waals surface area (Å²) >= 11 is 0. The van der Waals surface area contributed by atoms with E-state index in [4.69, 9.17) is 0 Å². The Labute approximate surface area is 129 Å². The fourth-order valence-corrected chi connectivity index (χ4v) is 1.97. The predicted molar refractivity (Wildman–Crippen MR) is 73.4 cm³/mol. The molecule has 1 unspecified atom stereocenters. The maximum Gasteiger partial charge on any atom is 0.458 e. The lowest BCUT2D eigenvalue weighted by Gasteiger charge is -2.22. The molecule has 9 heteroatoms. The summed E-state index contributed by atoms with van der Waals surface area (Å²) in [6.45, 7) is 0.104. The highest BCUT2D eigenvalue weighted by Gasteiger charge is 2.60. The molecule has 1 aromatic carbocycles. The van der Waals surface area contributed by atoms with E-state index in [2.05, 4.69) is 20.0 Å². The SMILES string of the molecule is COCC(=O)NCc1cccc(C2=NOC(O)(C(F)(F)F)C2)c1. The summed E-state index contributed by atoms with van der Waals surface area (Å²) in [6, 6.07) is 6.42. The second-order valence-corrected chi connectivity index (χ2v) is 5.00. The molecular weight excluding hydrogens is 317 g/mol. The number of rotatable bonds is 5. The standard InChI is InChI=1S/C14H15F3N2O4/c1-22-8-12(20)18-7-9-3-2-4-10(5-9)11-6-13(21,23-19-11)14(15,16)17/h2-5,21H,6-8H2,1H3,(H,18,20). The van der Waals surface area contributed by atoms with Crippen LogP contribution in [0, 0.1) is 0 Å². The van der Waals surface area contributed by atoms with E-state index in [0.717, 1.165) is 0 Å². The minimum atomic E-state index is -4.94. The summed E-state index contributed by atoms with van der Waals surface area (Å²) in [7, 11) is 1.39. The van der Waals surface area contributed by atoms with Crippen molar-refractivity contribution in [2.24, 2.45) is 5.16 Å². The lowest BCUT2D eigenvalue weighted by atomic mass is 10.0. The quantitative estimate of drug-likeness (QED) is 0.852. The minimum Gasteiger partial charge on any atom is -0.375 e. The number of benzene rings is 1. The molecule has 126 valence electrons. The van der Waals surface area contributed by atoms with Gasteiger partial charge in [-0.2, -0.15) is 13.2 Å². The van der Waals surface area contributed by atoms with Crippen LogP contribution in [-0.2, 0) is 20.9 Å². The van der Waals surface area contributed by atoms with Gasteiger partial charge in [-0.3, -0.25) is 4.79 Å². The summed E-state index contributed by atoms with van der Waals surface area (Å²) in [5.41, 5.74) is 1.02. The number of ether oxygens (including phenoxy) is 1. The highest BCUT2D eigenvalue weighted by Crippen LogP contribution is 2.38. The third kappa shape index (κ3) is 3.99. The second-order valence-electron chi connectivity index (χ2n) is 5.00. The number of methoxy groups -OCH3 is 1. The monoisotopic (exact) mass is 332 g/mol. The molecule has 0 aromatic heterocycles. The van der Waals surface area contributed by atoms with Crippen molar-refractivity contribution in [1.29, 1.82) is 0 Å². The maximum atomic E-state index is 12.7.